The maximum atomic E-state index is 12.5. The molecule has 1 N–H and O–H groups in total. The molecule has 0 unspecified atom stereocenters. The van der Waals surface area contributed by atoms with E-state index in [-0.39, 0.29) is 12.0 Å². The fraction of sp³-hybridized carbons (Fsp3) is 0.333. The van der Waals surface area contributed by atoms with Gasteiger partial charge in [-0.15, -0.1) is 0 Å². The third kappa shape index (κ3) is 4.86. The predicted octanol–water partition coefficient (Wildman–Crippen LogP) is 3.59. The molecule has 27 heavy (non-hydrogen) atoms. The van der Waals surface area contributed by atoms with Crippen molar-refractivity contribution in [1.82, 2.24) is 0 Å². The quantitative estimate of drug-likeness (QED) is 0.788. The summed E-state index contributed by atoms with van der Waals surface area (Å²) in [5.74, 6) is 0.0739. The molecule has 0 saturated carbocycles. The Balaban J connectivity index is 1.59. The fourth-order valence-electron chi connectivity index (χ4n) is 2.91. The van der Waals surface area contributed by atoms with Crippen LogP contribution in [0.25, 0.3) is 0 Å². The Morgan fingerprint density at radius 2 is 1.89 bits per heavy atom. The van der Waals surface area contributed by atoms with Gasteiger partial charge in [-0.2, -0.15) is 0 Å². The first kappa shape index (κ1) is 18.9. The Hall–Kier alpha value is -2.86. The number of methoxy groups -OCH3 is 1. The van der Waals surface area contributed by atoms with E-state index in [2.05, 4.69) is 5.32 Å². The molecule has 0 bridgehead atoms. The third-order valence-corrected chi connectivity index (χ3v) is 4.47. The summed E-state index contributed by atoms with van der Waals surface area (Å²) in [7, 11) is 1.33. The van der Waals surface area contributed by atoms with Crippen LogP contribution in [0.15, 0.2) is 42.5 Å². The molecular formula is C21H23NO5. The van der Waals surface area contributed by atoms with E-state index in [1.807, 2.05) is 6.92 Å². The average Bonchev–Trinajstić information content (AvgIpc) is 3.21. The van der Waals surface area contributed by atoms with Gasteiger partial charge in [-0.05, 0) is 67.8 Å². The molecule has 6 heteroatoms. The number of amides is 1. The zero-order chi connectivity index (χ0) is 19.2. The van der Waals surface area contributed by atoms with E-state index in [1.54, 1.807) is 42.5 Å². The maximum Gasteiger partial charge on any atom is 0.337 e. The summed E-state index contributed by atoms with van der Waals surface area (Å²) in [5.41, 5.74) is 2.39. The molecule has 1 aliphatic heterocycles. The molecule has 0 radical (unpaired) electrons. The topological polar surface area (TPSA) is 73.9 Å². The molecule has 1 aliphatic rings. The maximum absolute atomic E-state index is 12.5. The number of ether oxygens (including phenoxy) is 3. The Bertz CT molecular complexity index is 810. The molecule has 1 saturated heterocycles. The third-order valence-electron chi connectivity index (χ3n) is 4.47. The SMILES string of the molecule is COC(=O)c1ccc(NC(=O)c2ccc(OC[C@H]3CCCO3)cc2)c(C)c1. The second-order valence-electron chi connectivity index (χ2n) is 6.45. The highest BCUT2D eigenvalue weighted by Crippen LogP contribution is 2.20. The summed E-state index contributed by atoms with van der Waals surface area (Å²) >= 11 is 0. The Kier molecular flexibility index (Phi) is 6.08. The molecule has 2 aromatic rings. The Morgan fingerprint density at radius 1 is 1.15 bits per heavy atom. The van der Waals surface area contributed by atoms with Crippen molar-refractivity contribution >= 4 is 17.6 Å². The van der Waals surface area contributed by atoms with Crippen molar-refractivity contribution in [3.05, 3.63) is 59.2 Å². The second kappa shape index (κ2) is 8.68. The van der Waals surface area contributed by atoms with Crippen LogP contribution < -0.4 is 10.1 Å². The number of benzene rings is 2. The Morgan fingerprint density at radius 3 is 2.52 bits per heavy atom. The minimum absolute atomic E-state index is 0.156. The van der Waals surface area contributed by atoms with Crippen LogP contribution >= 0.6 is 0 Å². The van der Waals surface area contributed by atoms with Gasteiger partial charge in [-0.25, -0.2) is 4.79 Å². The van der Waals surface area contributed by atoms with Gasteiger partial charge in [-0.3, -0.25) is 4.79 Å². The lowest BCUT2D eigenvalue weighted by molar-refractivity contribution is 0.0600. The molecule has 1 amide bonds. The monoisotopic (exact) mass is 369 g/mol. The fourth-order valence-corrected chi connectivity index (χ4v) is 2.91. The van der Waals surface area contributed by atoms with Gasteiger partial charge in [0.05, 0.1) is 18.8 Å². The molecule has 0 spiro atoms. The van der Waals surface area contributed by atoms with Crippen molar-refractivity contribution in [3.63, 3.8) is 0 Å². The standard InChI is InChI=1S/C21H23NO5/c1-14-12-16(21(24)25-2)7-10-19(14)22-20(23)15-5-8-17(9-6-15)27-13-18-4-3-11-26-18/h5-10,12,18H,3-4,11,13H2,1-2H3,(H,22,23)/t18-/m1/s1. The first-order valence-electron chi connectivity index (χ1n) is 8.91. The normalized spacial score (nSPS) is 16.0. The number of anilines is 1. The van der Waals surface area contributed by atoms with E-state index < -0.39 is 5.97 Å². The number of carbonyl (C=O) groups excluding carboxylic acids is 2. The Labute approximate surface area is 158 Å². The van der Waals surface area contributed by atoms with Gasteiger partial charge in [0.1, 0.15) is 12.4 Å². The highest BCUT2D eigenvalue weighted by Gasteiger charge is 2.16. The molecule has 3 rings (SSSR count). The molecule has 6 nitrogen and oxygen atoms in total. The summed E-state index contributed by atoms with van der Waals surface area (Å²) < 4.78 is 15.9. The number of hydrogen-bond acceptors (Lipinski definition) is 5. The van der Waals surface area contributed by atoms with E-state index in [0.29, 0.717) is 29.2 Å². The van der Waals surface area contributed by atoms with Crippen LogP contribution in [0.1, 0.15) is 39.1 Å². The van der Waals surface area contributed by atoms with Crippen molar-refractivity contribution in [2.24, 2.45) is 0 Å². The molecule has 0 aromatic heterocycles. The predicted molar refractivity (Wildman–Crippen MR) is 101 cm³/mol. The number of rotatable bonds is 6. The summed E-state index contributed by atoms with van der Waals surface area (Å²) in [6.45, 7) is 3.15. The largest absolute Gasteiger partial charge is 0.491 e. The van der Waals surface area contributed by atoms with Gasteiger partial charge >= 0.3 is 5.97 Å². The van der Waals surface area contributed by atoms with Crippen molar-refractivity contribution in [2.75, 3.05) is 25.6 Å². The van der Waals surface area contributed by atoms with Crippen LogP contribution in [0.5, 0.6) is 5.75 Å². The average molecular weight is 369 g/mol. The first-order chi connectivity index (χ1) is 13.1. The van der Waals surface area contributed by atoms with Crippen LogP contribution in [-0.4, -0.2) is 38.3 Å². The van der Waals surface area contributed by atoms with Crippen molar-refractivity contribution < 1.29 is 23.8 Å². The van der Waals surface area contributed by atoms with Crippen LogP contribution in [0, 0.1) is 6.92 Å². The van der Waals surface area contributed by atoms with Gasteiger partial charge in [-0.1, -0.05) is 0 Å². The summed E-state index contributed by atoms with van der Waals surface area (Å²) in [6, 6.07) is 12.0. The van der Waals surface area contributed by atoms with Crippen molar-refractivity contribution in [1.29, 1.82) is 0 Å². The van der Waals surface area contributed by atoms with Gasteiger partial charge in [0, 0.05) is 17.9 Å². The molecule has 2 aromatic carbocycles. The van der Waals surface area contributed by atoms with Crippen LogP contribution in [-0.2, 0) is 9.47 Å². The zero-order valence-corrected chi connectivity index (χ0v) is 15.5. The highest BCUT2D eigenvalue weighted by atomic mass is 16.5. The van der Waals surface area contributed by atoms with Crippen LogP contribution in [0.4, 0.5) is 5.69 Å². The summed E-state index contributed by atoms with van der Waals surface area (Å²) in [5, 5.41) is 2.86. The van der Waals surface area contributed by atoms with Gasteiger partial charge in [0.2, 0.25) is 0 Å². The van der Waals surface area contributed by atoms with Crippen LogP contribution in [0.3, 0.4) is 0 Å². The number of aryl methyl sites for hydroxylation is 1. The molecule has 1 heterocycles. The van der Waals surface area contributed by atoms with Gasteiger partial charge in [0.25, 0.3) is 5.91 Å². The molecule has 142 valence electrons. The molecule has 1 fully saturated rings. The molecule has 1 atom stereocenters. The second-order valence-corrected chi connectivity index (χ2v) is 6.45. The van der Waals surface area contributed by atoms with Gasteiger partial charge < -0.3 is 19.5 Å². The summed E-state index contributed by atoms with van der Waals surface area (Å²) in [4.78, 5) is 24.0. The lowest BCUT2D eigenvalue weighted by Gasteiger charge is -2.12. The number of esters is 1. The van der Waals surface area contributed by atoms with E-state index in [0.717, 1.165) is 25.0 Å². The van der Waals surface area contributed by atoms with E-state index in [9.17, 15) is 9.59 Å². The number of nitrogens with one attached hydrogen (secondary N) is 1. The number of hydrogen-bond donors (Lipinski definition) is 1. The lowest BCUT2D eigenvalue weighted by Crippen LogP contribution is -2.16. The molecule has 0 aliphatic carbocycles. The van der Waals surface area contributed by atoms with Crippen LogP contribution in [0.2, 0.25) is 0 Å². The van der Waals surface area contributed by atoms with Crippen molar-refractivity contribution in [2.45, 2.75) is 25.9 Å². The summed E-state index contributed by atoms with van der Waals surface area (Å²) in [6.07, 6.45) is 2.26. The van der Waals surface area contributed by atoms with E-state index in [1.165, 1.54) is 7.11 Å². The number of carbonyl (C=O) groups is 2. The molecular weight excluding hydrogens is 346 g/mol. The first-order valence-corrected chi connectivity index (χ1v) is 8.91. The van der Waals surface area contributed by atoms with E-state index >= 15 is 0 Å². The minimum Gasteiger partial charge on any atom is -0.491 e. The van der Waals surface area contributed by atoms with E-state index in [4.69, 9.17) is 14.2 Å². The zero-order valence-electron chi connectivity index (χ0n) is 15.5. The lowest BCUT2D eigenvalue weighted by atomic mass is 10.1. The van der Waals surface area contributed by atoms with Crippen molar-refractivity contribution in [3.8, 4) is 5.75 Å². The smallest absolute Gasteiger partial charge is 0.337 e. The highest BCUT2D eigenvalue weighted by molar-refractivity contribution is 6.05. The minimum atomic E-state index is -0.408. The van der Waals surface area contributed by atoms with Gasteiger partial charge in [0.15, 0.2) is 0 Å².